The van der Waals surface area contributed by atoms with Gasteiger partial charge in [0.15, 0.2) is 0 Å². The fourth-order valence-electron chi connectivity index (χ4n) is 1.42. The van der Waals surface area contributed by atoms with E-state index in [1.54, 1.807) is 6.92 Å². The topological polar surface area (TPSA) is 49.8 Å². The molecule has 0 radical (unpaired) electrons. The molecule has 3 atom stereocenters. The van der Waals surface area contributed by atoms with Gasteiger partial charge in [0.05, 0.1) is 6.10 Å². The molecule has 1 saturated heterocycles. The highest BCUT2D eigenvalue weighted by atomic mass is 35.5. The van der Waals surface area contributed by atoms with E-state index in [-0.39, 0.29) is 12.0 Å². The zero-order valence-electron chi connectivity index (χ0n) is 7.74. The van der Waals surface area contributed by atoms with Crippen LogP contribution in [0.3, 0.4) is 0 Å². The zero-order valence-corrected chi connectivity index (χ0v) is 8.49. The van der Waals surface area contributed by atoms with Crippen molar-refractivity contribution in [3.05, 3.63) is 0 Å². The highest BCUT2D eigenvalue weighted by Gasteiger charge is 2.34. The number of hydrogen-bond acceptors (Lipinski definition) is 3. The smallest absolute Gasteiger partial charge is 0.240 e. The Labute approximate surface area is 82.4 Å². The Morgan fingerprint density at radius 3 is 2.69 bits per heavy atom. The first-order valence-corrected chi connectivity index (χ1v) is 4.63. The van der Waals surface area contributed by atoms with Crippen LogP contribution in [0.1, 0.15) is 6.92 Å². The summed E-state index contributed by atoms with van der Waals surface area (Å²) in [5, 5.41) is 8.89. The van der Waals surface area contributed by atoms with Crippen molar-refractivity contribution >= 4 is 17.5 Å². The van der Waals surface area contributed by atoms with Gasteiger partial charge < -0.3 is 14.7 Å². The van der Waals surface area contributed by atoms with Crippen LogP contribution in [0.5, 0.6) is 0 Å². The zero-order chi connectivity index (χ0) is 10.0. The van der Waals surface area contributed by atoms with Gasteiger partial charge in [0.1, 0.15) is 11.5 Å². The number of aliphatic hydroxyl groups is 1. The first-order valence-electron chi connectivity index (χ1n) is 4.20. The van der Waals surface area contributed by atoms with Crippen molar-refractivity contribution in [2.45, 2.75) is 24.5 Å². The van der Waals surface area contributed by atoms with Crippen LogP contribution in [0.4, 0.5) is 0 Å². The summed E-state index contributed by atoms with van der Waals surface area (Å²) in [7, 11) is 1.52. The SMILES string of the molecule is COC1CN(C(=O)C(C)Cl)CC1O. The minimum Gasteiger partial charge on any atom is -0.388 e. The first-order chi connectivity index (χ1) is 6.06. The van der Waals surface area contributed by atoms with Gasteiger partial charge in [-0.15, -0.1) is 11.6 Å². The summed E-state index contributed by atoms with van der Waals surface area (Å²) in [5.41, 5.74) is 0. The number of carbonyl (C=O) groups is 1. The van der Waals surface area contributed by atoms with Gasteiger partial charge in [0.2, 0.25) is 5.91 Å². The molecule has 1 amide bonds. The van der Waals surface area contributed by atoms with Crippen LogP contribution in [0.15, 0.2) is 0 Å². The first kappa shape index (κ1) is 10.8. The molecule has 1 fully saturated rings. The Morgan fingerprint density at radius 2 is 2.31 bits per heavy atom. The number of methoxy groups -OCH3 is 1. The molecule has 0 aliphatic carbocycles. The Balaban J connectivity index is 2.53. The summed E-state index contributed by atoms with van der Waals surface area (Å²) >= 11 is 5.63. The van der Waals surface area contributed by atoms with Gasteiger partial charge in [-0.2, -0.15) is 0 Å². The molecule has 1 N–H and O–H groups in total. The summed E-state index contributed by atoms with van der Waals surface area (Å²) < 4.78 is 5.00. The minimum absolute atomic E-state index is 0.153. The van der Waals surface area contributed by atoms with Crippen molar-refractivity contribution in [1.29, 1.82) is 0 Å². The second-order valence-electron chi connectivity index (χ2n) is 3.20. The van der Waals surface area contributed by atoms with Gasteiger partial charge in [-0.1, -0.05) is 0 Å². The Hall–Kier alpha value is -0.320. The van der Waals surface area contributed by atoms with Crippen LogP contribution in [0.2, 0.25) is 0 Å². The van der Waals surface area contributed by atoms with Crippen molar-refractivity contribution in [3.63, 3.8) is 0 Å². The highest BCUT2D eigenvalue weighted by molar-refractivity contribution is 6.30. The van der Waals surface area contributed by atoms with Crippen LogP contribution in [-0.4, -0.2) is 53.7 Å². The van der Waals surface area contributed by atoms with E-state index in [0.717, 1.165) is 0 Å². The molecule has 1 heterocycles. The van der Waals surface area contributed by atoms with Crippen LogP contribution in [-0.2, 0) is 9.53 Å². The molecule has 76 valence electrons. The molecule has 1 rings (SSSR count). The van der Waals surface area contributed by atoms with E-state index in [2.05, 4.69) is 0 Å². The average Bonchev–Trinajstić information content (AvgIpc) is 2.45. The standard InChI is InChI=1S/C8H14ClNO3/c1-5(9)8(12)10-3-6(11)7(4-10)13-2/h5-7,11H,3-4H2,1-2H3. The number of alkyl halides is 1. The molecular weight excluding hydrogens is 194 g/mol. The normalized spacial score (nSPS) is 30.6. The predicted octanol–water partition coefficient (Wildman–Crippen LogP) is -0.168. The molecule has 0 aromatic rings. The van der Waals surface area contributed by atoms with Crippen molar-refractivity contribution in [1.82, 2.24) is 4.90 Å². The quantitative estimate of drug-likeness (QED) is 0.640. The number of ether oxygens (including phenoxy) is 1. The Bertz CT molecular complexity index is 198. The number of amides is 1. The number of likely N-dealkylation sites (tertiary alicyclic amines) is 1. The maximum absolute atomic E-state index is 11.4. The number of halogens is 1. The number of nitrogens with zero attached hydrogens (tertiary/aromatic N) is 1. The minimum atomic E-state index is -0.593. The second kappa shape index (κ2) is 4.26. The van der Waals surface area contributed by atoms with Crippen molar-refractivity contribution in [3.8, 4) is 0 Å². The van der Waals surface area contributed by atoms with Crippen LogP contribution in [0.25, 0.3) is 0 Å². The van der Waals surface area contributed by atoms with Crippen LogP contribution in [0, 0.1) is 0 Å². The number of carbonyl (C=O) groups excluding carboxylic acids is 1. The molecule has 1 aliphatic rings. The highest BCUT2D eigenvalue weighted by Crippen LogP contribution is 2.15. The maximum atomic E-state index is 11.4. The fourth-order valence-corrected chi connectivity index (χ4v) is 1.56. The fraction of sp³-hybridized carbons (Fsp3) is 0.875. The molecule has 1 aliphatic heterocycles. The third-order valence-corrected chi connectivity index (χ3v) is 2.38. The molecule has 0 bridgehead atoms. The van der Waals surface area contributed by atoms with Crippen molar-refractivity contribution < 1.29 is 14.6 Å². The molecule has 4 nitrogen and oxygen atoms in total. The number of hydrogen-bond donors (Lipinski definition) is 1. The molecule has 0 saturated carbocycles. The molecule has 0 spiro atoms. The van der Waals surface area contributed by atoms with Gasteiger partial charge in [0, 0.05) is 20.2 Å². The lowest BCUT2D eigenvalue weighted by molar-refractivity contribution is -0.130. The van der Waals surface area contributed by atoms with Gasteiger partial charge >= 0.3 is 0 Å². The van der Waals surface area contributed by atoms with Gasteiger partial charge in [-0.3, -0.25) is 4.79 Å². The van der Waals surface area contributed by atoms with Gasteiger partial charge in [0.25, 0.3) is 0 Å². The third-order valence-electron chi connectivity index (χ3n) is 2.19. The van der Waals surface area contributed by atoms with Gasteiger partial charge in [-0.25, -0.2) is 0 Å². The summed E-state index contributed by atoms with van der Waals surface area (Å²) in [6, 6.07) is 0. The summed E-state index contributed by atoms with van der Waals surface area (Å²) in [5.74, 6) is -0.153. The van der Waals surface area contributed by atoms with E-state index in [0.29, 0.717) is 13.1 Å². The summed E-state index contributed by atoms with van der Waals surface area (Å²) in [6.07, 6.45) is -0.872. The summed E-state index contributed by atoms with van der Waals surface area (Å²) in [6.45, 7) is 2.36. The van der Waals surface area contributed by atoms with E-state index in [9.17, 15) is 9.90 Å². The van der Waals surface area contributed by atoms with Crippen LogP contribution < -0.4 is 0 Å². The summed E-state index contributed by atoms with van der Waals surface area (Å²) in [4.78, 5) is 12.9. The molecule has 13 heavy (non-hydrogen) atoms. The molecular formula is C8H14ClNO3. The molecule has 3 unspecified atom stereocenters. The van der Waals surface area contributed by atoms with E-state index in [4.69, 9.17) is 16.3 Å². The third kappa shape index (κ3) is 2.33. The predicted molar refractivity (Wildman–Crippen MR) is 48.7 cm³/mol. The van der Waals surface area contributed by atoms with E-state index >= 15 is 0 Å². The largest absolute Gasteiger partial charge is 0.388 e. The van der Waals surface area contributed by atoms with Crippen molar-refractivity contribution in [2.24, 2.45) is 0 Å². The lowest BCUT2D eigenvalue weighted by Crippen LogP contribution is -2.34. The Morgan fingerprint density at radius 1 is 1.69 bits per heavy atom. The Kier molecular flexibility index (Phi) is 3.53. The molecule has 5 heteroatoms. The lowest BCUT2D eigenvalue weighted by atomic mass is 10.3. The number of aliphatic hydroxyl groups excluding tert-OH is 1. The monoisotopic (exact) mass is 207 g/mol. The molecule has 0 aromatic heterocycles. The van der Waals surface area contributed by atoms with Crippen molar-refractivity contribution in [2.75, 3.05) is 20.2 Å². The van der Waals surface area contributed by atoms with Gasteiger partial charge in [-0.05, 0) is 6.92 Å². The van der Waals surface area contributed by atoms with E-state index in [1.165, 1.54) is 12.0 Å². The maximum Gasteiger partial charge on any atom is 0.240 e. The van der Waals surface area contributed by atoms with E-state index < -0.39 is 11.5 Å². The lowest BCUT2D eigenvalue weighted by Gasteiger charge is -2.16. The number of β-amino-alcohol motifs (C(OH)–C–C–N with tert-alkyl or cyclic N) is 1. The van der Waals surface area contributed by atoms with Crippen LogP contribution >= 0.6 is 11.6 Å². The molecule has 0 aromatic carbocycles. The number of rotatable bonds is 2. The van der Waals surface area contributed by atoms with E-state index in [1.807, 2.05) is 0 Å². The second-order valence-corrected chi connectivity index (χ2v) is 3.86. The average molecular weight is 208 g/mol.